The lowest BCUT2D eigenvalue weighted by Gasteiger charge is -2.29. The summed E-state index contributed by atoms with van der Waals surface area (Å²) in [6.07, 6.45) is -1.14. The van der Waals surface area contributed by atoms with Crippen molar-refractivity contribution in [2.45, 2.75) is 43.7 Å². The maximum Gasteiger partial charge on any atom is 0.289 e. The molecule has 2 unspecified atom stereocenters. The summed E-state index contributed by atoms with van der Waals surface area (Å²) in [5.41, 5.74) is 0.222. The average molecular weight is 493 g/mol. The molecule has 0 saturated carbocycles. The summed E-state index contributed by atoms with van der Waals surface area (Å²) >= 11 is 23.3. The monoisotopic (exact) mass is 491 g/mol. The third-order valence-electron chi connectivity index (χ3n) is 4.46. The molecule has 0 radical (unpaired) electrons. The molecule has 2 amide bonds. The number of halogens is 3. The van der Waals surface area contributed by atoms with Gasteiger partial charge in [0.2, 0.25) is 9.70 Å². The van der Waals surface area contributed by atoms with Gasteiger partial charge in [-0.3, -0.25) is 9.59 Å². The number of aliphatic imine (C=N–C) groups is 1. The number of hydrogen-bond donors (Lipinski definition) is 2. The molecule has 1 aliphatic heterocycles. The summed E-state index contributed by atoms with van der Waals surface area (Å²) in [7, 11) is 1.78. The molecule has 0 aromatic heterocycles. The molecule has 11 heteroatoms. The molecule has 1 aromatic rings. The van der Waals surface area contributed by atoms with Crippen LogP contribution in [0.3, 0.4) is 0 Å². The molecule has 1 saturated heterocycles. The second-order valence-electron chi connectivity index (χ2n) is 7.85. The first-order valence-corrected chi connectivity index (χ1v) is 10.7. The lowest BCUT2D eigenvalue weighted by molar-refractivity contribution is -0.129. The number of hydrogen-bond acceptors (Lipinski definition) is 4. The van der Waals surface area contributed by atoms with Crippen LogP contribution in [-0.4, -0.2) is 50.7 Å². The number of amides is 2. The predicted octanol–water partition coefficient (Wildman–Crippen LogP) is 3.44. The number of hydrazine groups is 1. The number of nitrogens with zero attached hydrogens (tertiary/aromatic N) is 3. The number of carbonyl (C=O) groups excluding carboxylic acids is 2. The Balaban J connectivity index is 2.23. The van der Waals surface area contributed by atoms with Gasteiger partial charge in [0, 0.05) is 12.5 Å². The van der Waals surface area contributed by atoms with Crippen LogP contribution in [-0.2, 0) is 9.59 Å². The second-order valence-corrected chi connectivity index (χ2v) is 10.6. The van der Waals surface area contributed by atoms with Crippen LogP contribution in [0.15, 0.2) is 35.3 Å². The molecule has 0 bridgehead atoms. The van der Waals surface area contributed by atoms with Crippen LogP contribution in [0.2, 0.25) is 0 Å². The van der Waals surface area contributed by atoms with E-state index in [9.17, 15) is 9.59 Å². The molecule has 1 heterocycles. The normalized spacial score (nSPS) is 20.4. The fraction of sp³-hybridized carbons (Fsp3) is 0.474. The number of thiocarbonyl (C=S) groups is 1. The van der Waals surface area contributed by atoms with Gasteiger partial charge in [0.15, 0.2) is 5.11 Å². The topological polar surface area (TPSA) is 77.0 Å². The van der Waals surface area contributed by atoms with Crippen molar-refractivity contribution in [2.24, 2.45) is 10.4 Å². The zero-order chi connectivity index (χ0) is 22.9. The van der Waals surface area contributed by atoms with Crippen LogP contribution in [0.5, 0.6) is 0 Å². The lowest BCUT2D eigenvalue weighted by atomic mass is 9.95. The number of para-hydroxylation sites is 1. The Bertz CT molecular complexity index is 852. The van der Waals surface area contributed by atoms with Crippen molar-refractivity contribution in [1.82, 2.24) is 15.6 Å². The van der Waals surface area contributed by atoms with E-state index in [1.165, 1.54) is 5.01 Å². The van der Waals surface area contributed by atoms with E-state index in [4.69, 9.17) is 47.0 Å². The molecule has 0 spiro atoms. The van der Waals surface area contributed by atoms with Gasteiger partial charge in [0.05, 0.1) is 11.7 Å². The Hall–Kier alpha value is -1.45. The second kappa shape index (κ2) is 9.36. The molecule has 30 heavy (non-hydrogen) atoms. The Morgan fingerprint density at radius 3 is 2.23 bits per heavy atom. The molecular formula is C19H24Cl3N5O2S. The highest BCUT2D eigenvalue weighted by Crippen LogP contribution is 2.30. The van der Waals surface area contributed by atoms with Crippen molar-refractivity contribution in [1.29, 1.82) is 0 Å². The van der Waals surface area contributed by atoms with Gasteiger partial charge in [-0.1, -0.05) is 73.8 Å². The van der Waals surface area contributed by atoms with Gasteiger partial charge in [-0.25, -0.2) is 15.0 Å². The van der Waals surface area contributed by atoms with Crippen molar-refractivity contribution >= 4 is 75.3 Å². The fourth-order valence-electron chi connectivity index (χ4n) is 2.60. The molecule has 164 valence electrons. The molecule has 2 atom stereocenters. The third kappa shape index (κ3) is 5.82. The van der Waals surface area contributed by atoms with E-state index >= 15 is 0 Å². The molecule has 1 fully saturated rings. The van der Waals surface area contributed by atoms with Crippen molar-refractivity contribution in [3.8, 4) is 0 Å². The van der Waals surface area contributed by atoms with Gasteiger partial charge in [0.1, 0.15) is 11.9 Å². The fourth-order valence-corrected chi connectivity index (χ4v) is 3.15. The van der Waals surface area contributed by atoms with Gasteiger partial charge in [-0.2, -0.15) is 0 Å². The molecule has 1 aliphatic rings. The van der Waals surface area contributed by atoms with Crippen LogP contribution in [0.25, 0.3) is 0 Å². The molecule has 0 aliphatic carbocycles. The van der Waals surface area contributed by atoms with E-state index in [1.807, 2.05) is 37.3 Å². The van der Waals surface area contributed by atoms with Crippen LogP contribution in [0.4, 0.5) is 5.69 Å². The van der Waals surface area contributed by atoms with E-state index in [0.29, 0.717) is 5.69 Å². The minimum absolute atomic E-state index is 0.0842. The zero-order valence-corrected chi connectivity index (χ0v) is 20.3. The number of benzene rings is 1. The SMILES string of the molecule is CC1C(=NC(=S)NC(NC(=O)C(C)(C)C)C(Cl)(Cl)Cl)C(=O)N(c2ccccc2)N1C. The van der Waals surface area contributed by atoms with Gasteiger partial charge in [0.25, 0.3) is 5.91 Å². The van der Waals surface area contributed by atoms with E-state index in [0.717, 1.165) is 0 Å². The number of rotatable bonds is 3. The Morgan fingerprint density at radius 2 is 1.73 bits per heavy atom. The standard InChI is InChI=1S/C19H24Cl3N5O2S/c1-11-13(14(28)27(26(11)5)12-9-7-6-8-10-12)23-17(30)25-15(19(20,21)22)24-16(29)18(2,3)4/h6-11,15H,1-5H3,(H,24,29)(H,25,30). The Kier molecular flexibility index (Phi) is 7.74. The van der Waals surface area contributed by atoms with Crippen LogP contribution < -0.4 is 15.6 Å². The summed E-state index contributed by atoms with van der Waals surface area (Å²) in [5, 5.41) is 8.52. The highest BCUT2D eigenvalue weighted by Gasteiger charge is 2.41. The summed E-state index contributed by atoms with van der Waals surface area (Å²) in [5.74, 6) is -0.661. The number of anilines is 1. The van der Waals surface area contributed by atoms with Gasteiger partial charge < -0.3 is 10.6 Å². The number of nitrogens with one attached hydrogen (secondary N) is 2. The molecule has 1 aromatic carbocycles. The summed E-state index contributed by atoms with van der Waals surface area (Å²) in [4.78, 5) is 29.6. The molecule has 2 N–H and O–H groups in total. The van der Waals surface area contributed by atoms with Gasteiger partial charge in [-0.15, -0.1) is 0 Å². The first-order valence-electron chi connectivity index (χ1n) is 9.12. The van der Waals surface area contributed by atoms with Crippen molar-refractivity contribution in [3.63, 3.8) is 0 Å². The first kappa shape index (κ1) is 24.8. The van der Waals surface area contributed by atoms with Crippen molar-refractivity contribution in [3.05, 3.63) is 30.3 Å². The van der Waals surface area contributed by atoms with Crippen molar-refractivity contribution < 1.29 is 9.59 Å². The predicted molar refractivity (Wildman–Crippen MR) is 126 cm³/mol. The van der Waals surface area contributed by atoms with Crippen LogP contribution in [0, 0.1) is 5.41 Å². The van der Waals surface area contributed by atoms with Crippen LogP contribution >= 0.6 is 47.0 Å². The minimum Gasteiger partial charge on any atom is -0.337 e. The first-order chi connectivity index (χ1) is 13.7. The highest BCUT2D eigenvalue weighted by atomic mass is 35.6. The van der Waals surface area contributed by atoms with Crippen molar-refractivity contribution in [2.75, 3.05) is 12.1 Å². The highest BCUT2D eigenvalue weighted by molar-refractivity contribution is 7.80. The Labute approximate surface area is 196 Å². The van der Waals surface area contributed by atoms with Gasteiger partial charge >= 0.3 is 0 Å². The van der Waals surface area contributed by atoms with E-state index in [1.54, 1.807) is 32.8 Å². The number of alkyl halides is 3. The Morgan fingerprint density at radius 1 is 1.17 bits per heavy atom. The lowest BCUT2D eigenvalue weighted by Crippen LogP contribution is -2.56. The van der Waals surface area contributed by atoms with E-state index in [-0.39, 0.29) is 28.7 Å². The maximum absolute atomic E-state index is 13.0. The summed E-state index contributed by atoms with van der Waals surface area (Å²) in [6, 6.07) is 8.85. The molecular weight excluding hydrogens is 469 g/mol. The maximum atomic E-state index is 13.0. The van der Waals surface area contributed by atoms with E-state index in [2.05, 4.69) is 15.6 Å². The third-order valence-corrected chi connectivity index (χ3v) is 5.32. The quantitative estimate of drug-likeness (QED) is 0.384. The molecule has 2 rings (SSSR count). The zero-order valence-electron chi connectivity index (χ0n) is 17.2. The smallest absolute Gasteiger partial charge is 0.289 e. The van der Waals surface area contributed by atoms with Gasteiger partial charge in [-0.05, 0) is 31.3 Å². The number of carbonyl (C=O) groups is 2. The molecule has 7 nitrogen and oxygen atoms in total. The summed E-state index contributed by atoms with van der Waals surface area (Å²) in [6.45, 7) is 7.01. The van der Waals surface area contributed by atoms with E-state index < -0.39 is 15.4 Å². The minimum atomic E-state index is -1.90. The largest absolute Gasteiger partial charge is 0.337 e. The summed E-state index contributed by atoms with van der Waals surface area (Å²) < 4.78 is -1.90. The average Bonchev–Trinajstić information content (AvgIpc) is 2.83. The van der Waals surface area contributed by atoms with Crippen LogP contribution in [0.1, 0.15) is 27.7 Å².